The maximum absolute atomic E-state index is 13.1. The summed E-state index contributed by atoms with van der Waals surface area (Å²) < 4.78 is 52.3. The molecule has 0 saturated heterocycles. The summed E-state index contributed by atoms with van der Waals surface area (Å²) in [6.07, 6.45) is -4.79. The highest BCUT2D eigenvalue weighted by molar-refractivity contribution is 14.2. The summed E-state index contributed by atoms with van der Waals surface area (Å²) >= 11 is 1.87. The second-order valence-corrected chi connectivity index (χ2v) is 4.17. The molecule has 0 bridgehead atoms. The fourth-order valence-corrected chi connectivity index (χ4v) is 1.35. The van der Waals surface area contributed by atoms with E-state index in [-0.39, 0.29) is 5.56 Å². The largest absolute Gasteiger partial charge is 0.573 e. The van der Waals surface area contributed by atoms with Crippen molar-refractivity contribution in [1.29, 1.82) is 0 Å². The van der Waals surface area contributed by atoms with Gasteiger partial charge in [-0.25, -0.2) is 4.39 Å². The fourth-order valence-electron chi connectivity index (χ4n) is 0.872. The Hall–Kier alpha value is -0.620. The van der Waals surface area contributed by atoms with Crippen molar-refractivity contribution < 1.29 is 22.3 Å². The van der Waals surface area contributed by atoms with E-state index in [9.17, 15) is 17.6 Å². The molecule has 1 rings (SSSR count). The van der Waals surface area contributed by atoms with Crippen LogP contribution in [0, 0.1) is 17.0 Å². The average Bonchev–Trinajstić information content (AvgIpc) is 2.17. The summed E-state index contributed by atoms with van der Waals surface area (Å²) in [6, 6.07) is 2.68. The minimum Gasteiger partial charge on any atom is -0.406 e. The molecule has 1 nitrogen and oxygen atoms in total. The van der Waals surface area contributed by atoms with Gasteiger partial charge in [0, 0.05) is 21.2 Å². The first-order chi connectivity index (χ1) is 7.42. The van der Waals surface area contributed by atoms with Gasteiger partial charge in [-0.1, -0.05) is 5.92 Å². The van der Waals surface area contributed by atoms with Crippen LogP contribution in [-0.2, 0) is 0 Å². The van der Waals surface area contributed by atoms with Gasteiger partial charge in [-0.3, -0.25) is 0 Å². The van der Waals surface area contributed by atoms with Crippen molar-refractivity contribution in [1.82, 2.24) is 0 Å². The molecule has 0 heterocycles. The van der Waals surface area contributed by atoms with Crippen molar-refractivity contribution >= 4 is 30.1 Å². The average molecular weight is 362 g/mol. The van der Waals surface area contributed by atoms with Gasteiger partial charge in [0.2, 0.25) is 0 Å². The van der Waals surface area contributed by atoms with Gasteiger partial charge < -0.3 is 4.74 Å². The predicted octanol–water partition coefficient (Wildman–Crippen LogP) is 4.12. The SMILES string of the molecule is Fc1ccc(OC(F)(F)F)cc1C#CSI. The van der Waals surface area contributed by atoms with Gasteiger partial charge in [-0.05, 0) is 32.4 Å². The maximum Gasteiger partial charge on any atom is 0.573 e. The lowest BCUT2D eigenvalue weighted by Crippen LogP contribution is -2.17. The number of ether oxygens (including phenoxy) is 1. The van der Waals surface area contributed by atoms with E-state index >= 15 is 0 Å². The van der Waals surface area contributed by atoms with Gasteiger partial charge in [-0.2, -0.15) is 0 Å². The predicted molar refractivity (Wildman–Crippen MR) is 61.6 cm³/mol. The van der Waals surface area contributed by atoms with Gasteiger partial charge in [0.05, 0.1) is 5.56 Å². The van der Waals surface area contributed by atoms with Crippen molar-refractivity contribution in [2.24, 2.45) is 0 Å². The Kier molecular flexibility index (Phi) is 4.73. The highest BCUT2D eigenvalue weighted by atomic mass is 127. The molecule has 0 unspecified atom stereocenters. The molecule has 1 aromatic carbocycles. The van der Waals surface area contributed by atoms with Crippen LogP contribution in [-0.4, -0.2) is 6.36 Å². The van der Waals surface area contributed by atoms with Crippen LogP contribution in [0.3, 0.4) is 0 Å². The van der Waals surface area contributed by atoms with Crippen molar-refractivity contribution in [3.05, 3.63) is 29.6 Å². The molecule has 0 atom stereocenters. The summed E-state index contributed by atoms with van der Waals surface area (Å²) in [5, 5.41) is 2.47. The molecule has 7 heteroatoms. The summed E-state index contributed by atoms with van der Waals surface area (Å²) in [4.78, 5) is 0. The topological polar surface area (TPSA) is 9.23 Å². The Labute approximate surface area is 105 Å². The molecule has 0 radical (unpaired) electrons. The zero-order valence-electron chi connectivity index (χ0n) is 7.44. The quantitative estimate of drug-likeness (QED) is 0.422. The third kappa shape index (κ3) is 4.49. The van der Waals surface area contributed by atoms with Crippen LogP contribution < -0.4 is 4.74 Å². The molecule has 0 aromatic heterocycles. The van der Waals surface area contributed by atoms with Gasteiger partial charge in [0.1, 0.15) is 11.6 Å². The Morgan fingerprint density at radius 3 is 2.56 bits per heavy atom. The van der Waals surface area contributed by atoms with E-state index in [1.807, 2.05) is 21.2 Å². The highest BCUT2D eigenvalue weighted by Gasteiger charge is 2.31. The Bertz CT molecular complexity index is 435. The molecule has 0 aliphatic heterocycles. The molecule has 86 valence electrons. The van der Waals surface area contributed by atoms with Gasteiger partial charge in [0.15, 0.2) is 0 Å². The molecular formula is C9H3F4IOS. The Balaban J connectivity index is 2.98. The minimum atomic E-state index is -4.79. The van der Waals surface area contributed by atoms with Crippen LogP contribution >= 0.6 is 30.1 Å². The second-order valence-electron chi connectivity index (χ2n) is 2.49. The zero-order chi connectivity index (χ0) is 12.2. The molecule has 16 heavy (non-hydrogen) atoms. The molecule has 0 N–H and O–H groups in total. The van der Waals surface area contributed by atoms with Crippen LogP contribution in [0.4, 0.5) is 17.6 Å². The van der Waals surface area contributed by atoms with Crippen molar-refractivity contribution in [2.45, 2.75) is 6.36 Å². The van der Waals surface area contributed by atoms with Crippen molar-refractivity contribution in [3.8, 4) is 16.9 Å². The lowest BCUT2D eigenvalue weighted by Gasteiger charge is -2.08. The van der Waals surface area contributed by atoms with Crippen LogP contribution in [0.5, 0.6) is 5.75 Å². The van der Waals surface area contributed by atoms with E-state index in [0.717, 1.165) is 27.1 Å². The first-order valence-corrected chi connectivity index (χ1v) is 7.12. The molecule has 0 fully saturated rings. The van der Waals surface area contributed by atoms with Crippen LogP contribution in [0.15, 0.2) is 18.2 Å². The number of alkyl halides is 3. The first kappa shape index (κ1) is 13.4. The standard InChI is InChI=1S/C9H3F4IOS/c10-8-2-1-7(15-9(11,12)13)5-6(8)3-4-16-14/h1-2,5H. The third-order valence-electron chi connectivity index (χ3n) is 1.40. The smallest absolute Gasteiger partial charge is 0.406 e. The van der Waals surface area contributed by atoms with Gasteiger partial charge in [-0.15, -0.1) is 13.2 Å². The van der Waals surface area contributed by atoms with E-state index in [2.05, 4.69) is 15.9 Å². The van der Waals surface area contributed by atoms with Gasteiger partial charge >= 0.3 is 6.36 Å². The Morgan fingerprint density at radius 1 is 1.31 bits per heavy atom. The van der Waals surface area contributed by atoms with Crippen molar-refractivity contribution in [2.75, 3.05) is 0 Å². The monoisotopic (exact) mass is 362 g/mol. The third-order valence-corrected chi connectivity index (χ3v) is 2.24. The van der Waals surface area contributed by atoms with Crippen molar-refractivity contribution in [3.63, 3.8) is 0 Å². The van der Waals surface area contributed by atoms with E-state index in [0.29, 0.717) is 0 Å². The normalized spacial score (nSPS) is 10.6. The minimum absolute atomic E-state index is 0.133. The van der Waals surface area contributed by atoms with E-state index in [4.69, 9.17) is 0 Å². The van der Waals surface area contributed by atoms with Crippen LogP contribution in [0.2, 0.25) is 0 Å². The molecular weight excluding hydrogens is 359 g/mol. The first-order valence-electron chi connectivity index (χ1n) is 3.76. The number of benzene rings is 1. The van der Waals surface area contributed by atoms with Crippen LogP contribution in [0.1, 0.15) is 5.56 Å². The molecule has 0 aliphatic rings. The van der Waals surface area contributed by atoms with Gasteiger partial charge in [0.25, 0.3) is 0 Å². The van der Waals surface area contributed by atoms with E-state index in [1.54, 1.807) is 0 Å². The summed E-state index contributed by atoms with van der Waals surface area (Å²) in [7, 11) is 1.10. The zero-order valence-corrected chi connectivity index (χ0v) is 10.4. The Morgan fingerprint density at radius 2 is 2.00 bits per heavy atom. The second kappa shape index (κ2) is 5.63. The number of hydrogen-bond acceptors (Lipinski definition) is 2. The van der Waals surface area contributed by atoms with Crippen LogP contribution in [0.25, 0.3) is 0 Å². The number of halogens is 5. The number of hydrogen-bond donors (Lipinski definition) is 0. The van der Waals surface area contributed by atoms with E-state index < -0.39 is 17.9 Å². The fraction of sp³-hybridized carbons (Fsp3) is 0.111. The molecule has 0 amide bonds. The number of rotatable bonds is 1. The summed E-state index contributed by atoms with van der Waals surface area (Å²) in [6.45, 7) is 0. The summed E-state index contributed by atoms with van der Waals surface area (Å²) in [5.41, 5.74) is -0.133. The lowest BCUT2D eigenvalue weighted by atomic mass is 10.2. The molecule has 1 aromatic rings. The molecule has 0 spiro atoms. The maximum atomic E-state index is 13.1. The molecule has 0 aliphatic carbocycles. The van der Waals surface area contributed by atoms with E-state index in [1.165, 1.54) is 0 Å². The summed E-state index contributed by atoms with van der Waals surface area (Å²) in [5.74, 6) is 1.20. The molecule has 0 saturated carbocycles. The lowest BCUT2D eigenvalue weighted by molar-refractivity contribution is -0.274. The highest BCUT2D eigenvalue weighted by Crippen LogP contribution is 2.24.